The van der Waals surface area contributed by atoms with Gasteiger partial charge in [-0.25, -0.2) is 17.5 Å². The van der Waals surface area contributed by atoms with Crippen LogP contribution in [-0.4, -0.2) is 15.0 Å². The molecule has 1 N–H and O–H groups in total. The summed E-state index contributed by atoms with van der Waals surface area (Å²) in [5.74, 6) is -0.301. The maximum atomic E-state index is 12.7. The van der Waals surface area contributed by atoms with Crippen molar-refractivity contribution in [2.24, 2.45) is 0 Å². The van der Waals surface area contributed by atoms with E-state index in [4.69, 9.17) is 0 Å². The molecule has 21 heavy (non-hydrogen) atoms. The van der Waals surface area contributed by atoms with E-state index in [1.807, 2.05) is 30.3 Å². The van der Waals surface area contributed by atoms with E-state index >= 15 is 0 Å². The fourth-order valence-corrected chi connectivity index (χ4v) is 2.59. The first kappa shape index (κ1) is 15.4. The second-order valence-corrected chi connectivity index (χ2v) is 6.18. The van der Waals surface area contributed by atoms with Crippen molar-refractivity contribution in [2.45, 2.75) is 6.42 Å². The van der Waals surface area contributed by atoms with Gasteiger partial charge < -0.3 is 0 Å². The van der Waals surface area contributed by atoms with Gasteiger partial charge in [0, 0.05) is 12.0 Å². The van der Waals surface area contributed by atoms with E-state index in [0.29, 0.717) is 6.42 Å². The van der Waals surface area contributed by atoms with Gasteiger partial charge in [-0.3, -0.25) is 0 Å². The molecular weight excluding hydrogens is 289 g/mol. The Morgan fingerprint density at radius 1 is 1.00 bits per heavy atom. The van der Waals surface area contributed by atoms with Crippen LogP contribution in [0.15, 0.2) is 60.0 Å². The molecule has 0 aliphatic rings. The number of nitrogens with one attached hydrogen (secondary N) is 1. The van der Waals surface area contributed by atoms with Crippen molar-refractivity contribution >= 4 is 16.1 Å². The topological polar surface area (TPSA) is 46.2 Å². The molecule has 0 radical (unpaired) electrons. The maximum Gasteiger partial charge on any atom is 0.233 e. The Balaban J connectivity index is 1.87. The van der Waals surface area contributed by atoms with E-state index in [1.54, 1.807) is 18.2 Å². The molecule has 2 rings (SSSR count). The Hall–Kier alpha value is -1.98. The minimum Gasteiger partial charge on any atom is -0.211 e. The molecule has 0 spiro atoms. The number of sulfonamides is 1. The van der Waals surface area contributed by atoms with Crippen molar-refractivity contribution in [3.63, 3.8) is 0 Å². The summed E-state index contributed by atoms with van der Waals surface area (Å²) in [6.07, 6.45) is 2.05. The molecule has 0 heterocycles. The highest BCUT2D eigenvalue weighted by molar-refractivity contribution is 7.92. The smallest absolute Gasteiger partial charge is 0.211 e. The molecule has 2 aromatic carbocycles. The van der Waals surface area contributed by atoms with Crippen LogP contribution in [0.1, 0.15) is 11.1 Å². The Bertz CT molecular complexity index is 695. The Labute approximate surface area is 124 Å². The first-order chi connectivity index (χ1) is 10.1. The monoisotopic (exact) mass is 305 g/mol. The standard InChI is InChI=1S/C16H16FNO2S/c17-16-8-6-15(7-9-16)10-12-18-21(19,20)13-11-14-4-2-1-3-5-14/h1-9,11,13,18H,10,12H2. The molecule has 0 bridgehead atoms. The van der Waals surface area contributed by atoms with Gasteiger partial charge in [0.2, 0.25) is 10.0 Å². The molecule has 2 aromatic rings. The van der Waals surface area contributed by atoms with Crippen molar-refractivity contribution in [1.29, 1.82) is 0 Å². The zero-order valence-electron chi connectivity index (χ0n) is 11.4. The lowest BCUT2D eigenvalue weighted by Gasteiger charge is -2.03. The Kier molecular flexibility index (Phi) is 5.25. The number of hydrogen-bond donors (Lipinski definition) is 1. The SMILES string of the molecule is O=S(=O)(C=Cc1ccccc1)NCCc1ccc(F)cc1. The van der Waals surface area contributed by atoms with E-state index < -0.39 is 10.0 Å². The second kappa shape index (κ2) is 7.15. The van der Waals surface area contributed by atoms with Crippen molar-refractivity contribution in [2.75, 3.05) is 6.54 Å². The van der Waals surface area contributed by atoms with Crippen LogP contribution in [0.3, 0.4) is 0 Å². The lowest BCUT2D eigenvalue weighted by atomic mass is 10.1. The van der Waals surface area contributed by atoms with Crippen LogP contribution < -0.4 is 4.72 Å². The third-order valence-electron chi connectivity index (χ3n) is 2.87. The molecule has 0 unspecified atom stereocenters. The normalized spacial score (nSPS) is 11.9. The average Bonchev–Trinajstić information content (AvgIpc) is 2.48. The highest BCUT2D eigenvalue weighted by atomic mass is 32.2. The van der Waals surface area contributed by atoms with Gasteiger partial charge in [0.1, 0.15) is 5.82 Å². The highest BCUT2D eigenvalue weighted by Gasteiger charge is 2.04. The quantitative estimate of drug-likeness (QED) is 0.892. The average molecular weight is 305 g/mol. The van der Waals surface area contributed by atoms with Crippen molar-refractivity contribution in [3.8, 4) is 0 Å². The minimum atomic E-state index is -3.46. The van der Waals surface area contributed by atoms with Gasteiger partial charge in [-0.05, 0) is 35.8 Å². The zero-order valence-corrected chi connectivity index (χ0v) is 12.2. The summed E-state index contributed by atoms with van der Waals surface area (Å²) >= 11 is 0. The Morgan fingerprint density at radius 3 is 2.33 bits per heavy atom. The molecule has 3 nitrogen and oxygen atoms in total. The first-order valence-electron chi connectivity index (χ1n) is 6.52. The van der Waals surface area contributed by atoms with Gasteiger partial charge in [-0.1, -0.05) is 42.5 Å². The van der Waals surface area contributed by atoms with Crippen LogP contribution in [-0.2, 0) is 16.4 Å². The van der Waals surface area contributed by atoms with Crippen molar-refractivity contribution < 1.29 is 12.8 Å². The van der Waals surface area contributed by atoms with Gasteiger partial charge in [-0.2, -0.15) is 0 Å². The van der Waals surface area contributed by atoms with Gasteiger partial charge in [0.05, 0.1) is 0 Å². The summed E-state index contributed by atoms with van der Waals surface area (Å²) in [5, 5.41) is 1.15. The molecule has 0 saturated carbocycles. The number of hydrogen-bond acceptors (Lipinski definition) is 2. The van der Waals surface area contributed by atoms with Gasteiger partial charge in [-0.15, -0.1) is 0 Å². The van der Waals surface area contributed by atoms with Crippen LogP contribution in [0.5, 0.6) is 0 Å². The Morgan fingerprint density at radius 2 is 1.67 bits per heavy atom. The van der Waals surface area contributed by atoms with Crippen LogP contribution in [0, 0.1) is 5.82 Å². The number of rotatable bonds is 6. The lowest BCUT2D eigenvalue weighted by Crippen LogP contribution is -2.23. The van der Waals surface area contributed by atoms with Crippen LogP contribution >= 0.6 is 0 Å². The van der Waals surface area contributed by atoms with Crippen molar-refractivity contribution in [3.05, 3.63) is 76.9 Å². The molecule has 0 amide bonds. The summed E-state index contributed by atoms with van der Waals surface area (Å²) in [4.78, 5) is 0. The summed E-state index contributed by atoms with van der Waals surface area (Å²) in [6, 6.07) is 15.2. The summed E-state index contributed by atoms with van der Waals surface area (Å²) in [5.41, 5.74) is 1.70. The zero-order chi connectivity index (χ0) is 15.1. The molecule has 0 atom stereocenters. The van der Waals surface area contributed by atoms with Crippen LogP contribution in [0.2, 0.25) is 0 Å². The molecule has 0 fully saturated rings. The fraction of sp³-hybridized carbons (Fsp3) is 0.125. The highest BCUT2D eigenvalue weighted by Crippen LogP contribution is 2.04. The molecule has 0 aliphatic heterocycles. The molecule has 110 valence electrons. The molecule has 0 aliphatic carbocycles. The second-order valence-electron chi connectivity index (χ2n) is 4.53. The molecule has 5 heteroatoms. The largest absolute Gasteiger partial charge is 0.233 e. The molecule has 0 aromatic heterocycles. The molecular formula is C16H16FNO2S. The summed E-state index contributed by atoms with van der Waals surface area (Å²) < 4.78 is 38.8. The fourth-order valence-electron chi connectivity index (χ4n) is 1.77. The number of benzene rings is 2. The van der Waals surface area contributed by atoms with Crippen molar-refractivity contribution in [1.82, 2.24) is 4.72 Å². The predicted octanol–water partition coefficient (Wildman–Crippen LogP) is 2.96. The number of halogens is 1. The predicted molar refractivity (Wildman–Crippen MR) is 82.5 cm³/mol. The van der Waals surface area contributed by atoms with Crippen LogP contribution in [0.4, 0.5) is 4.39 Å². The first-order valence-corrected chi connectivity index (χ1v) is 8.07. The summed E-state index contributed by atoms with van der Waals surface area (Å²) in [6.45, 7) is 0.271. The third-order valence-corrected chi connectivity index (χ3v) is 3.97. The van der Waals surface area contributed by atoms with Gasteiger partial charge in [0.25, 0.3) is 0 Å². The van der Waals surface area contributed by atoms with E-state index in [-0.39, 0.29) is 12.4 Å². The molecule has 0 saturated heterocycles. The minimum absolute atomic E-state index is 0.271. The maximum absolute atomic E-state index is 12.7. The van der Waals surface area contributed by atoms with E-state index in [9.17, 15) is 12.8 Å². The summed E-state index contributed by atoms with van der Waals surface area (Å²) in [7, 11) is -3.46. The van der Waals surface area contributed by atoms with E-state index in [1.165, 1.54) is 12.1 Å². The van der Waals surface area contributed by atoms with Crippen LogP contribution in [0.25, 0.3) is 6.08 Å². The third kappa shape index (κ3) is 5.49. The van der Waals surface area contributed by atoms with E-state index in [0.717, 1.165) is 16.5 Å². The van der Waals surface area contributed by atoms with Gasteiger partial charge in [0.15, 0.2) is 0 Å². The van der Waals surface area contributed by atoms with Gasteiger partial charge >= 0.3 is 0 Å². The lowest BCUT2D eigenvalue weighted by molar-refractivity contribution is 0.591. The van der Waals surface area contributed by atoms with E-state index in [2.05, 4.69) is 4.72 Å².